The first-order valence-electron chi connectivity index (χ1n) is 9.03. The molecule has 5 heteroatoms. The number of esters is 1. The monoisotopic (exact) mass is 369 g/mol. The zero-order chi connectivity index (χ0) is 20.0. The lowest BCUT2D eigenvalue weighted by Gasteiger charge is -2.13. The maximum Gasteiger partial charge on any atom is 0.344 e. The Balaban J connectivity index is 1.83. The standard InChI is InChI=1S/C22H27NO4/c1-14(2)18-10-9-16(4)20(11-18)26-13-22(25)27-12-21(24)23-19-8-6-7-15(3)17(19)5/h6-11,14H,12-13H2,1-5H3,(H,23,24). The van der Waals surface area contributed by atoms with Gasteiger partial charge in [0.15, 0.2) is 13.2 Å². The van der Waals surface area contributed by atoms with E-state index in [-0.39, 0.29) is 19.1 Å². The van der Waals surface area contributed by atoms with Crippen LogP contribution in [0.1, 0.15) is 42.0 Å². The van der Waals surface area contributed by atoms with Gasteiger partial charge in [0.05, 0.1) is 0 Å². The Morgan fingerprint density at radius 2 is 1.74 bits per heavy atom. The Hall–Kier alpha value is -2.82. The van der Waals surface area contributed by atoms with Crippen molar-refractivity contribution in [2.75, 3.05) is 18.5 Å². The third kappa shape index (κ3) is 5.84. The van der Waals surface area contributed by atoms with Crippen LogP contribution in [0, 0.1) is 20.8 Å². The molecule has 0 heterocycles. The molecule has 2 aromatic carbocycles. The molecule has 1 amide bonds. The van der Waals surface area contributed by atoms with Gasteiger partial charge in [-0.1, -0.05) is 38.1 Å². The largest absolute Gasteiger partial charge is 0.482 e. The van der Waals surface area contributed by atoms with Crippen LogP contribution in [0.2, 0.25) is 0 Å². The van der Waals surface area contributed by atoms with Gasteiger partial charge in [-0.05, 0) is 61.1 Å². The molecule has 0 fully saturated rings. The van der Waals surface area contributed by atoms with Crippen molar-refractivity contribution in [1.29, 1.82) is 0 Å². The van der Waals surface area contributed by atoms with Crippen molar-refractivity contribution in [3.63, 3.8) is 0 Å². The summed E-state index contributed by atoms with van der Waals surface area (Å²) in [6.45, 7) is 9.42. The SMILES string of the molecule is Cc1ccc(C(C)C)cc1OCC(=O)OCC(=O)Nc1cccc(C)c1C. The molecule has 0 aromatic heterocycles. The first kappa shape index (κ1) is 20.5. The van der Waals surface area contributed by atoms with E-state index in [1.54, 1.807) is 0 Å². The average Bonchev–Trinajstić information content (AvgIpc) is 2.63. The van der Waals surface area contributed by atoms with Crippen LogP contribution in [-0.4, -0.2) is 25.1 Å². The van der Waals surface area contributed by atoms with Crippen LogP contribution in [-0.2, 0) is 14.3 Å². The van der Waals surface area contributed by atoms with Crippen molar-refractivity contribution in [1.82, 2.24) is 0 Å². The smallest absolute Gasteiger partial charge is 0.344 e. The van der Waals surface area contributed by atoms with Crippen LogP contribution in [0.15, 0.2) is 36.4 Å². The summed E-state index contributed by atoms with van der Waals surface area (Å²) in [7, 11) is 0. The molecule has 144 valence electrons. The number of anilines is 1. The Kier molecular flexibility index (Phi) is 6.99. The van der Waals surface area contributed by atoms with E-state index in [2.05, 4.69) is 19.2 Å². The zero-order valence-electron chi connectivity index (χ0n) is 16.6. The third-order valence-corrected chi connectivity index (χ3v) is 4.47. The second kappa shape index (κ2) is 9.21. The summed E-state index contributed by atoms with van der Waals surface area (Å²) >= 11 is 0. The van der Waals surface area contributed by atoms with Gasteiger partial charge >= 0.3 is 5.97 Å². The normalized spacial score (nSPS) is 10.6. The fraction of sp³-hybridized carbons (Fsp3) is 0.364. The number of ether oxygens (including phenoxy) is 2. The molecule has 0 atom stereocenters. The minimum absolute atomic E-state index is 0.237. The van der Waals surface area contributed by atoms with E-state index in [0.717, 1.165) is 22.3 Å². The second-order valence-corrected chi connectivity index (χ2v) is 6.92. The number of amides is 1. The highest BCUT2D eigenvalue weighted by Gasteiger charge is 2.12. The van der Waals surface area contributed by atoms with Gasteiger partial charge in [0, 0.05) is 5.69 Å². The lowest BCUT2D eigenvalue weighted by molar-refractivity contribution is -0.149. The number of rotatable bonds is 7. The molecule has 0 bridgehead atoms. The molecule has 0 unspecified atom stereocenters. The molecule has 0 saturated heterocycles. The first-order chi connectivity index (χ1) is 12.8. The van der Waals surface area contributed by atoms with Crippen LogP contribution in [0.4, 0.5) is 5.69 Å². The van der Waals surface area contributed by atoms with Gasteiger partial charge in [-0.2, -0.15) is 0 Å². The number of carbonyl (C=O) groups excluding carboxylic acids is 2. The van der Waals surface area contributed by atoms with Crippen molar-refractivity contribution in [2.45, 2.75) is 40.5 Å². The van der Waals surface area contributed by atoms with E-state index in [0.29, 0.717) is 17.4 Å². The highest BCUT2D eigenvalue weighted by Crippen LogP contribution is 2.24. The molecule has 2 aromatic rings. The highest BCUT2D eigenvalue weighted by molar-refractivity contribution is 5.93. The van der Waals surface area contributed by atoms with Crippen molar-refractivity contribution in [2.24, 2.45) is 0 Å². The summed E-state index contributed by atoms with van der Waals surface area (Å²) in [6, 6.07) is 11.6. The van der Waals surface area contributed by atoms with Gasteiger partial charge in [0.2, 0.25) is 0 Å². The summed E-state index contributed by atoms with van der Waals surface area (Å²) in [6.07, 6.45) is 0. The predicted molar refractivity (Wildman–Crippen MR) is 106 cm³/mol. The van der Waals surface area contributed by atoms with Crippen LogP contribution in [0.3, 0.4) is 0 Å². The number of aryl methyl sites for hydroxylation is 2. The number of carbonyl (C=O) groups is 2. The molecular formula is C22H27NO4. The van der Waals surface area contributed by atoms with Gasteiger partial charge in [-0.3, -0.25) is 4.79 Å². The molecule has 0 radical (unpaired) electrons. The molecule has 2 rings (SSSR count). The number of nitrogens with one attached hydrogen (secondary N) is 1. The summed E-state index contributed by atoms with van der Waals surface area (Å²) < 4.78 is 10.6. The molecule has 0 saturated carbocycles. The molecule has 27 heavy (non-hydrogen) atoms. The minimum atomic E-state index is -0.583. The average molecular weight is 369 g/mol. The maximum atomic E-state index is 12.0. The van der Waals surface area contributed by atoms with E-state index in [9.17, 15) is 9.59 Å². The van der Waals surface area contributed by atoms with E-state index < -0.39 is 5.97 Å². The number of benzene rings is 2. The topological polar surface area (TPSA) is 64.6 Å². The van der Waals surface area contributed by atoms with Crippen molar-refractivity contribution < 1.29 is 19.1 Å². The quantitative estimate of drug-likeness (QED) is 0.739. The van der Waals surface area contributed by atoms with E-state index in [1.807, 2.05) is 57.2 Å². The molecule has 0 aliphatic rings. The maximum absolute atomic E-state index is 12.0. The van der Waals surface area contributed by atoms with E-state index >= 15 is 0 Å². The molecular weight excluding hydrogens is 342 g/mol. The van der Waals surface area contributed by atoms with E-state index in [1.165, 1.54) is 0 Å². The summed E-state index contributed by atoms with van der Waals surface area (Å²) in [5.41, 5.74) is 4.86. The predicted octanol–water partition coefficient (Wildman–Crippen LogP) is 4.30. The Morgan fingerprint density at radius 1 is 1.00 bits per heavy atom. The third-order valence-electron chi connectivity index (χ3n) is 4.47. The molecule has 0 aliphatic carbocycles. The Morgan fingerprint density at radius 3 is 2.44 bits per heavy atom. The van der Waals surface area contributed by atoms with Crippen molar-refractivity contribution in [3.8, 4) is 5.75 Å². The second-order valence-electron chi connectivity index (χ2n) is 6.92. The van der Waals surface area contributed by atoms with Crippen LogP contribution in [0.5, 0.6) is 5.75 Å². The zero-order valence-corrected chi connectivity index (χ0v) is 16.6. The molecule has 0 spiro atoms. The number of hydrogen-bond acceptors (Lipinski definition) is 4. The summed E-state index contributed by atoms with van der Waals surface area (Å²) in [4.78, 5) is 23.9. The van der Waals surface area contributed by atoms with Gasteiger partial charge in [0.25, 0.3) is 5.91 Å². The minimum Gasteiger partial charge on any atom is -0.482 e. The van der Waals surface area contributed by atoms with Gasteiger partial charge in [0.1, 0.15) is 5.75 Å². The number of hydrogen-bond donors (Lipinski definition) is 1. The van der Waals surface area contributed by atoms with Gasteiger partial charge < -0.3 is 14.8 Å². The van der Waals surface area contributed by atoms with Crippen molar-refractivity contribution in [3.05, 3.63) is 58.7 Å². The van der Waals surface area contributed by atoms with Crippen LogP contribution in [0.25, 0.3) is 0 Å². The lowest BCUT2D eigenvalue weighted by Crippen LogP contribution is -2.24. The molecule has 0 aliphatic heterocycles. The van der Waals surface area contributed by atoms with Crippen LogP contribution >= 0.6 is 0 Å². The van der Waals surface area contributed by atoms with Gasteiger partial charge in [-0.25, -0.2) is 4.79 Å². The van der Waals surface area contributed by atoms with Crippen molar-refractivity contribution >= 4 is 17.6 Å². The fourth-order valence-corrected chi connectivity index (χ4v) is 2.53. The molecule has 1 N–H and O–H groups in total. The summed E-state index contributed by atoms with van der Waals surface area (Å²) in [5.74, 6) is 0.0576. The van der Waals surface area contributed by atoms with Crippen LogP contribution < -0.4 is 10.1 Å². The summed E-state index contributed by atoms with van der Waals surface area (Å²) in [5, 5.41) is 2.75. The molecule has 5 nitrogen and oxygen atoms in total. The Labute approximate surface area is 160 Å². The lowest BCUT2D eigenvalue weighted by atomic mass is 10.0. The first-order valence-corrected chi connectivity index (χ1v) is 9.03. The fourth-order valence-electron chi connectivity index (χ4n) is 2.53. The van der Waals surface area contributed by atoms with E-state index in [4.69, 9.17) is 9.47 Å². The van der Waals surface area contributed by atoms with Gasteiger partial charge in [-0.15, -0.1) is 0 Å². The Bertz CT molecular complexity index is 827. The highest BCUT2D eigenvalue weighted by atomic mass is 16.6.